The molecule has 1 atom stereocenters. The van der Waals surface area contributed by atoms with Gasteiger partial charge in [0, 0.05) is 12.4 Å². The average Bonchev–Trinajstić information content (AvgIpc) is 2.49. The molecule has 1 aromatic carbocycles. The van der Waals surface area contributed by atoms with E-state index in [-0.39, 0.29) is 0 Å². The van der Waals surface area contributed by atoms with Crippen molar-refractivity contribution in [2.75, 3.05) is 13.1 Å². The Hall–Kier alpha value is -1.67. The third kappa shape index (κ3) is 4.84. The predicted octanol–water partition coefficient (Wildman–Crippen LogP) is 3.41. The van der Waals surface area contributed by atoms with Crippen molar-refractivity contribution in [3.8, 4) is 0 Å². The van der Waals surface area contributed by atoms with Gasteiger partial charge in [-0.15, -0.1) is 0 Å². The van der Waals surface area contributed by atoms with Crippen molar-refractivity contribution in [3.05, 3.63) is 66.0 Å². The summed E-state index contributed by atoms with van der Waals surface area (Å²) in [5.74, 6) is 0.620. The first-order valence-electron chi connectivity index (χ1n) is 7.01. The van der Waals surface area contributed by atoms with Gasteiger partial charge in [-0.05, 0) is 55.1 Å². The third-order valence-electron chi connectivity index (χ3n) is 3.46. The molecule has 1 aromatic heterocycles. The molecule has 0 bridgehead atoms. The molecule has 0 aliphatic heterocycles. The van der Waals surface area contributed by atoms with Gasteiger partial charge in [0.25, 0.3) is 0 Å². The van der Waals surface area contributed by atoms with E-state index in [1.807, 2.05) is 12.4 Å². The molecule has 100 valence electrons. The Morgan fingerprint density at radius 3 is 2.47 bits per heavy atom. The number of benzene rings is 1. The SMILES string of the molecule is CC(CCNCCc1ccncc1)c1ccccc1. The maximum Gasteiger partial charge on any atom is 0.0270 e. The Bertz CT molecular complexity index is 453. The van der Waals surface area contributed by atoms with Crippen LogP contribution in [0.3, 0.4) is 0 Å². The Balaban J connectivity index is 1.62. The lowest BCUT2D eigenvalue weighted by Gasteiger charge is -2.12. The summed E-state index contributed by atoms with van der Waals surface area (Å²) in [5.41, 5.74) is 2.78. The average molecular weight is 254 g/mol. The number of rotatable bonds is 7. The smallest absolute Gasteiger partial charge is 0.0270 e. The molecule has 0 aliphatic rings. The van der Waals surface area contributed by atoms with E-state index in [2.05, 4.69) is 59.7 Å². The first-order chi connectivity index (χ1) is 9.36. The Morgan fingerprint density at radius 2 is 1.74 bits per heavy atom. The van der Waals surface area contributed by atoms with E-state index in [4.69, 9.17) is 0 Å². The summed E-state index contributed by atoms with van der Waals surface area (Å²) in [6, 6.07) is 14.9. The maximum atomic E-state index is 4.03. The molecule has 1 unspecified atom stereocenters. The molecular formula is C17H22N2. The van der Waals surface area contributed by atoms with E-state index in [9.17, 15) is 0 Å². The second-order valence-electron chi connectivity index (χ2n) is 4.96. The highest BCUT2D eigenvalue weighted by molar-refractivity contribution is 5.18. The Labute approximate surface area is 115 Å². The molecule has 2 aromatic rings. The van der Waals surface area contributed by atoms with E-state index in [1.54, 1.807) is 0 Å². The minimum Gasteiger partial charge on any atom is -0.316 e. The first kappa shape index (κ1) is 13.8. The fourth-order valence-corrected chi connectivity index (χ4v) is 2.17. The van der Waals surface area contributed by atoms with Gasteiger partial charge in [0.2, 0.25) is 0 Å². The van der Waals surface area contributed by atoms with Crippen LogP contribution in [0.1, 0.15) is 30.4 Å². The lowest BCUT2D eigenvalue weighted by molar-refractivity contribution is 0.595. The van der Waals surface area contributed by atoms with Crippen molar-refractivity contribution < 1.29 is 0 Å². The second kappa shape index (κ2) is 7.70. The van der Waals surface area contributed by atoms with Crippen LogP contribution in [0.15, 0.2) is 54.9 Å². The largest absolute Gasteiger partial charge is 0.316 e. The molecule has 1 N–H and O–H groups in total. The fourth-order valence-electron chi connectivity index (χ4n) is 2.17. The number of hydrogen-bond acceptors (Lipinski definition) is 2. The van der Waals surface area contributed by atoms with Gasteiger partial charge in [-0.25, -0.2) is 0 Å². The zero-order valence-corrected chi connectivity index (χ0v) is 11.5. The topological polar surface area (TPSA) is 24.9 Å². The fraction of sp³-hybridized carbons (Fsp3) is 0.353. The summed E-state index contributed by atoms with van der Waals surface area (Å²) in [5, 5.41) is 3.51. The summed E-state index contributed by atoms with van der Waals surface area (Å²) < 4.78 is 0. The van der Waals surface area contributed by atoms with Crippen LogP contribution in [-0.4, -0.2) is 18.1 Å². The molecule has 0 fully saturated rings. The molecule has 0 saturated carbocycles. The number of nitrogens with one attached hydrogen (secondary N) is 1. The van der Waals surface area contributed by atoms with Gasteiger partial charge in [-0.1, -0.05) is 37.3 Å². The van der Waals surface area contributed by atoms with Crippen LogP contribution in [0.25, 0.3) is 0 Å². The molecule has 0 spiro atoms. The van der Waals surface area contributed by atoms with Gasteiger partial charge in [0.1, 0.15) is 0 Å². The van der Waals surface area contributed by atoms with Gasteiger partial charge in [0.05, 0.1) is 0 Å². The minimum absolute atomic E-state index is 0.620. The van der Waals surface area contributed by atoms with Gasteiger partial charge in [0.15, 0.2) is 0 Å². The van der Waals surface area contributed by atoms with Gasteiger partial charge in [-0.2, -0.15) is 0 Å². The lowest BCUT2D eigenvalue weighted by Crippen LogP contribution is -2.19. The third-order valence-corrected chi connectivity index (χ3v) is 3.46. The monoisotopic (exact) mass is 254 g/mol. The summed E-state index contributed by atoms with van der Waals surface area (Å²) in [4.78, 5) is 4.03. The molecule has 0 saturated heterocycles. The maximum absolute atomic E-state index is 4.03. The normalized spacial score (nSPS) is 12.3. The van der Waals surface area contributed by atoms with Crippen molar-refractivity contribution >= 4 is 0 Å². The van der Waals surface area contributed by atoms with Crippen molar-refractivity contribution in [2.24, 2.45) is 0 Å². The van der Waals surface area contributed by atoms with Gasteiger partial charge in [-0.3, -0.25) is 4.98 Å². The van der Waals surface area contributed by atoms with Gasteiger partial charge < -0.3 is 5.32 Å². The zero-order chi connectivity index (χ0) is 13.3. The van der Waals surface area contributed by atoms with Crippen LogP contribution < -0.4 is 5.32 Å². The first-order valence-corrected chi connectivity index (χ1v) is 7.01. The molecule has 1 heterocycles. The Morgan fingerprint density at radius 1 is 1.00 bits per heavy atom. The van der Waals surface area contributed by atoms with E-state index in [0.717, 1.165) is 19.5 Å². The molecule has 2 heteroatoms. The minimum atomic E-state index is 0.620. The zero-order valence-electron chi connectivity index (χ0n) is 11.5. The molecule has 0 radical (unpaired) electrons. The van der Waals surface area contributed by atoms with E-state index >= 15 is 0 Å². The summed E-state index contributed by atoms with van der Waals surface area (Å²) in [6.07, 6.45) is 5.96. The predicted molar refractivity (Wildman–Crippen MR) is 80.3 cm³/mol. The number of hydrogen-bond donors (Lipinski definition) is 1. The number of nitrogens with zero attached hydrogens (tertiary/aromatic N) is 1. The summed E-state index contributed by atoms with van der Waals surface area (Å²) in [6.45, 7) is 4.40. The Kier molecular flexibility index (Phi) is 5.57. The lowest BCUT2D eigenvalue weighted by atomic mass is 9.98. The molecule has 19 heavy (non-hydrogen) atoms. The highest BCUT2D eigenvalue weighted by Gasteiger charge is 2.03. The summed E-state index contributed by atoms with van der Waals surface area (Å²) in [7, 11) is 0. The van der Waals surface area contributed by atoms with Crippen molar-refractivity contribution in [2.45, 2.75) is 25.7 Å². The van der Waals surface area contributed by atoms with Crippen LogP contribution in [0.5, 0.6) is 0 Å². The molecule has 2 nitrogen and oxygen atoms in total. The number of pyridine rings is 1. The highest BCUT2D eigenvalue weighted by atomic mass is 14.8. The van der Waals surface area contributed by atoms with Crippen LogP contribution >= 0.6 is 0 Å². The van der Waals surface area contributed by atoms with E-state index in [0.29, 0.717) is 5.92 Å². The molecule has 0 aliphatic carbocycles. The van der Waals surface area contributed by atoms with Crippen molar-refractivity contribution in [1.29, 1.82) is 0 Å². The molecular weight excluding hydrogens is 232 g/mol. The van der Waals surface area contributed by atoms with Crippen molar-refractivity contribution in [1.82, 2.24) is 10.3 Å². The second-order valence-corrected chi connectivity index (χ2v) is 4.96. The van der Waals surface area contributed by atoms with E-state index < -0.39 is 0 Å². The van der Waals surface area contributed by atoms with Crippen molar-refractivity contribution in [3.63, 3.8) is 0 Å². The standard InChI is InChI=1S/C17H22N2/c1-15(17-5-3-2-4-6-17)7-11-18-12-8-16-9-13-19-14-10-16/h2-6,9-10,13-15,18H,7-8,11-12H2,1H3. The van der Waals surface area contributed by atoms with Gasteiger partial charge >= 0.3 is 0 Å². The van der Waals surface area contributed by atoms with Crippen LogP contribution in [0.4, 0.5) is 0 Å². The van der Waals surface area contributed by atoms with Crippen LogP contribution in [-0.2, 0) is 6.42 Å². The van der Waals surface area contributed by atoms with Crippen LogP contribution in [0.2, 0.25) is 0 Å². The van der Waals surface area contributed by atoms with Crippen LogP contribution in [0, 0.1) is 0 Å². The molecule has 0 amide bonds. The summed E-state index contributed by atoms with van der Waals surface area (Å²) >= 11 is 0. The van der Waals surface area contributed by atoms with E-state index in [1.165, 1.54) is 17.5 Å². The quantitative estimate of drug-likeness (QED) is 0.766. The number of aromatic nitrogens is 1. The highest BCUT2D eigenvalue weighted by Crippen LogP contribution is 2.17. The molecule has 2 rings (SSSR count).